The maximum atomic E-state index is 13.1. The smallest absolute Gasteiger partial charge is 0.254 e. The van der Waals surface area contributed by atoms with Gasteiger partial charge in [0.1, 0.15) is 12.7 Å². The van der Waals surface area contributed by atoms with E-state index < -0.39 is 0 Å². The first-order valence-corrected chi connectivity index (χ1v) is 8.46. The molecule has 0 saturated carbocycles. The number of hydrogen-bond donors (Lipinski definition) is 0. The lowest BCUT2D eigenvalue weighted by atomic mass is 10.0. The normalized spacial score (nSPS) is 13.6. The molecule has 25 heavy (non-hydrogen) atoms. The summed E-state index contributed by atoms with van der Waals surface area (Å²) in [5.74, 6) is 0.0634. The van der Waals surface area contributed by atoms with Crippen molar-refractivity contribution in [2.45, 2.75) is 25.4 Å². The van der Waals surface area contributed by atoms with Gasteiger partial charge in [-0.3, -0.25) is 4.79 Å². The predicted molar refractivity (Wildman–Crippen MR) is 95.3 cm³/mol. The molecule has 0 spiro atoms. The van der Waals surface area contributed by atoms with E-state index in [0.29, 0.717) is 6.54 Å². The number of hydrogen-bond acceptors (Lipinski definition) is 3. The van der Waals surface area contributed by atoms with E-state index in [9.17, 15) is 4.79 Å². The Kier molecular flexibility index (Phi) is 4.06. The summed E-state index contributed by atoms with van der Waals surface area (Å²) in [6.07, 6.45) is 5.01. The molecular formula is C20H20N4O. The molecule has 0 unspecified atom stereocenters. The third kappa shape index (κ3) is 3.05. The van der Waals surface area contributed by atoms with Crippen LogP contribution in [-0.4, -0.2) is 38.7 Å². The number of fused-ring (bicyclic) bond motifs is 1. The number of nitrogens with zero attached hydrogens (tertiary/aromatic N) is 4. The monoisotopic (exact) mass is 332 g/mol. The molecule has 2 aromatic carbocycles. The topological polar surface area (TPSA) is 51.0 Å². The van der Waals surface area contributed by atoms with Crippen molar-refractivity contribution in [1.29, 1.82) is 0 Å². The Labute approximate surface area is 146 Å². The van der Waals surface area contributed by atoms with Crippen LogP contribution >= 0.6 is 0 Å². The Balaban J connectivity index is 1.55. The van der Waals surface area contributed by atoms with Crippen LogP contribution in [0.1, 0.15) is 27.0 Å². The van der Waals surface area contributed by atoms with Gasteiger partial charge in [-0.1, -0.05) is 42.5 Å². The molecule has 0 radical (unpaired) electrons. The highest BCUT2D eigenvalue weighted by Crippen LogP contribution is 2.26. The number of carbonyl (C=O) groups is 1. The summed E-state index contributed by atoms with van der Waals surface area (Å²) >= 11 is 0. The van der Waals surface area contributed by atoms with Crippen LogP contribution in [0, 0.1) is 0 Å². The van der Waals surface area contributed by atoms with Gasteiger partial charge in [0, 0.05) is 18.7 Å². The molecule has 0 N–H and O–H groups in total. The van der Waals surface area contributed by atoms with Crippen molar-refractivity contribution in [3.8, 4) is 0 Å². The summed E-state index contributed by atoms with van der Waals surface area (Å²) in [4.78, 5) is 19.0. The largest absolute Gasteiger partial charge is 0.338 e. The van der Waals surface area contributed by atoms with Crippen molar-refractivity contribution < 1.29 is 4.79 Å². The SMILES string of the molecule is CN(C(=O)c1ccccc1Cn1cncn1)C1Cc2ccccc2C1. The second kappa shape index (κ2) is 6.51. The van der Waals surface area contributed by atoms with Crippen LogP contribution in [0.15, 0.2) is 61.2 Å². The summed E-state index contributed by atoms with van der Waals surface area (Å²) in [5.41, 5.74) is 4.39. The molecular weight excluding hydrogens is 312 g/mol. The molecule has 1 aromatic heterocycles. The third-order valence-corrected chi connectivity index (χ3v) is 4.94. The van der Waals surface area contributed by atoms with Crippen molar-refractivity contribution in [3.63, 3.8) is 0 Å². The lowest BCUT2D eigenvalue weighted by Gasteiger charge is -2.25. The standard InChI is InChI=1S/C20H20N4O/c1-23(18-10-15-6-2-3-7-16(15)11-18)20(25)19-9-5-4-8-17(19)12-24-14-21-13-22-24/h2-9,13-14,18H,10-12H2,1H3. The van der Waals surface area contributed by atoms with Crippen molar-refractivity contribution in [2.75, 3.05) is 7.05 Å². The van der Waals surface area contributed by atoms with Crippen LogP contribution in [-0.2, 0) is 19.4 Å². The van der Waals surface area contributed by atoms with Gasteiger partial charge in [0.05, 0.1) is 6.54 Å². The molecule has 0 atom stereocenters. The summed E-state index contributed by atoms with van der Waals surface area (Å²) in [5, 5.41) is 4.14. The lowest BCUT2D eigenvalue weighted by molar-refractivity contribution is 0.0736. The van der Waals surface area contributed by atoms with Crippen LogP contribution < -0.4 is 0 Å². The van der Waals surface area contributed by atoms with E-state index >= 15 is 0 Å². The number of amides is 1. The Morgan fingerprint density at radius 3 is 2.48 bits per heavy atom. The maximum absolute atomic E-state index is 13.1. The van der Waals surface area contributed by atoms with Crippen LogP contribution in [0.2, 0.25) is 0 Å². The summed E-state index contributed by atoms with van der Waals surface area (Å²) in [7, 11) is 1.91. The second-order valence-electron chi connectivity index (χ2n) is 6.50. The minimum absolute atomic E-state index is 0.0634. The molecule has 0 bridgehead atoms. The summed E-state index contributed by atoms with van der Waals surface area (Å²) in [6, 6.07) is 16.4. The molecule has 5 nitrogen and oxygen atoms in total. The van der Waals surface area contributed by atoms with Crippen molar-refractivity contribution >= 4 is 5.91 Å². The molecule has 126 valence electrons. The van der Waals surface area contributed by atoms with E-state index in [-0.39, 0.29) is 11.9 Å². The van der Waals surface area contributed by atoms with Gasteiger partial charge in [-0.15, -0.1) is 0 Å². The van der Waals surface area contributed by atoms with E-state index in [2.05, 4.69) is 34.3 Å². The van der Waals surface area contributed by atoms with Gasteiger partial charge in [-0.05, 0) is 35.6 Å². The Morgan fingerprint density at radius 1 is 1.12 bits per heavy atom. The van der Waals surface area contributed by atoms with Gasteiger partial charge < -0.3 is 4.90 Å². The van der Waals surface area contributed by atoms with Crippen molar-refractivity contribution in [3.05, 3.63) is 83.4 Å². The van der Waals surface area contributed by atoms with Gasteiger partial charge >= 0.3 is 0 Å². The van der Waals surface area contributed by atoms with Crippen molar-refractivity contribution in [2.24, 2.45) is 0 Å². The van der Waals surface area contributed by atoms with Gasteiger partial charge in [-0.2, -0.15) is 5.10 Å². The molecule has 4 rings (SSSR count). The Hall–Kier alpha value is -2.95. The quantitative estimate of drug-likeness (QED) is 0.738. The highest BCUT2D eigenvalue weighted by molar-refractivity contribution is 5.95. The van der Waals surface area contributed by atoms with Crippen LogP contribution in [0.4, 0.5) is 0 Å². The molecule has 1 aliphatic rings. The fourth-order valence-corrected chi connectivity index (χ4v) is 3.52. The van der Waals surface area contributed by atoms with Crippen molar-refractivity contribution in [1.82, 2.24) is 19.7 Å². The molecule has 3 aromatic rings. The lowest BCUT2D eigenvalue weighted by Crippen LogP contribution is -2.38. The average Bonchev–Trinajstić information content (AvgIpc) is 3.30. The molecule has 0 fully saturated rings. The summed E-state index contributed by atoms with van der Waals surface area (Å²) in [6.45, 7) is 0.542. The molecule has 1 aliphatic carbocycles. The fourth-order valence-electron chi connectivity index (χ4n) is 3.52. The zero-order valence-corrected chi connectivity index (χ0v) is 14.2. The minimum atomic E-state index is 0.0634. The van der Waals surface area contributed by atoms with Crippen LogP contribution in [0.3, 0.4) is 0 Å². The predicted octanol–water partition coefficient (Wildman–Crippen LogP) is 2.57. The van der Waals surface area contributed by atoms with Crippen LogP contribution in [0.5, 0.6) is 0 Å². The zero-order chi connectivity index (χ0) is 17.2. The first-order chi connectivity index (χ1) is 12.2. The number of benzene rings is 2. The number of rotatable bonds is 4. The van der Waals surface area contributed by atoms with E-state index in [1.54, 1.807) is 11.0 Å². The fraction of sp³-hybridized carbons (Fsp3) is 0.250. The zero-order valence-electron chi connectivity index (χ0n) is 14.2. The number of carbonyl (C=O) groups excluding carboxylic acids is 1. The average molecular weight is 332 g/mol. The van der Waals surface area contributed by atoms with E-state index in [1.807, 2.05) is 36.2 Å². The van der Waals surface area contributed by atoms with E-state index in [1.165, 1.54) is 17.5 Å². The number of aromatic nitrogens is 3. The van der Waals surface area contributed by atoms with Gasteiger partial charge in [-0.25, -0.2) is 9.67 Å². The molecule has 1 amide bonds. The Morgan fingerprint density at radius 2 is 1.80 bits per heavy atom. The maximum Gasteiger partial charge on any atom is 0.254 e. The highest BCUT2D eigenvalue weighted by atomic mass is 16.2. The first-order valence-electron chi connectivity index (χ1n) is 8.46. The third-order valence-electron chi connectivity index (χ3n) is 4.94. The minimum Gasteiger partial charge on any atom is -0.338 e. The van der Waals surface area contributed by atoms with E-state index in [4.69, 9.17) is 0 Å². The summed E-state index contributed by atoms with van der Waals surface area (Å²) < 4.78 is 1.73. The van der Waals surface area contributed by atoms with Gasteiger partial charge in [0.2, 0.25) is 0 Å². The molecule has 1 heterocycles. The molecule has 0 saturated heterocycles. The Bertz CT molecular complexity index is 863. The molecule has 5 heteroatoms. The van der Waals surface area contributed by atoms with Crippen LogP contribution in [0.25, 0.3) is 0 Å². The second-order valence-corrected chi connectivity index (χ2v) is 6.50. The van der Waals surface area contributed by atoms with Gasteiger partial charge in [0.15, 0.2) is 0 Å². The number of likely N-dealkylation sites (N-methyl/N-ethyl adjacent to an activating group) is 1. The van der Waals surface area contributed by atoms with E-state index in [0.717, 1.165) is 24.0 Å². The highest BCUT2D eigenvalue weighted by Gasteiger charge is 2.28. The molecule has 0 aliphatic heterocycles. The first kappa shape index (κ1) is 15.6. The van der Waals surface area contributed by atoms with Gasteiger partial charge in [0.25, 0.3) is 5.91 Å².